The Morgan fingerprint density at radius 3 is 2.25 bits per heavy atom. The van der Waals surface area contributed by atoms with E-state index in [2.05, 4.69) is 13.1 Å². The molecule has 0 aromatic carbocycles. The first-order chi connectivity index (χ1) is 3.66. The Balaban J connectivity index is 3.10. The Kier molecular flexibility index (Phi) is 4.13. The molecule has 3 heteroatoms. The predicted octanol–water partition coefficient (Wildman–Crippen LogP) is 0.949. The fourth-order valence-corrected chi connectivity index (χ4v) is 1.16. The summed E-state index contributed by atoms with van der Waals surface area (Å²) in [4.78, 5) is 0. The van der Waals surface area contributed by atoms with Gasteiger partial charge in [-0.25, -0.2) is 0 Å². The van der Waals surface area contributed by atoms with E-state index < -0.39 is 9.04 Å². The van der Waals surface area contributed by atoms with Crippen LogP contribution in [0.25, 0.3) is 0 Å². The summed E-state index contributed by atoms with van der Waals surface area (Å²) in [5.41, 5.74) is 5.48. The Bertz CT molecular complexity index is 58.4. The summed E-state index contributed by atoms with van der Waals surface area (Å²) >= 11 is 0. The van der Waals surface area contributed by atoms with Crippen LogP contribution < -0.4 is 5.73 Å². The molecular formula is C5H14NOSi. The summed E-state index contributed by atoms with van der Waals surface area (Å²) in [5, 5.41) is 0. The first-order valence-electron chi connectivity index (χ1n) is 2.89. The SMILES string of the molecule is CCC(N)O[Si](C)C. The van der Waals surface area contributed by atoms with Crippen molar-refractivity contribution >= 4 is 9.04 Å². The van der Waals surface area contributed by atoms with E-state index >= 15 is 0 Å². The molecule has 0 fully saturated rings. The van der Waals surface area contributed by atoms with Gasteiger partial charge in [0.1, 0.15) is 0 Å². The van der Waals surface area contributed by atoms with Gasteiger partial charge in [-0.3, -0.25) is 0 Å². The van der Waals surface area contributed by atoms with Crippen LogP contribution in [0.1, 0.15) is 13.3 Å². The average Bonchev–Trinajstić information content (AvgIpc) is 1.65. The molecule has 1 unspecified atom stereocenters. The van der Waals surface area contributed by atoms with E-state index in [1.165, 1.54) is 0 Å². The molecule has 1 radical (unpaired) electrons. The molecule has 0 aliphatic carbocycles. The van der Waals surface area contributed by atoms with Crippen molar-refractivity contribution in [2.45, 2.75) is 32.7 Å². The van der Waals surface area contributed by atoms with Crippen LogP contribution >= 0.6 is 0 Å². The highest BCUT2D eigenvalue weighted by molar-refractivity contribution is 6.48. The maximum atomic E-state index is 5.48. The molecule has 0 saturated carbocycles. The van der Waals surface area contributed by atoms with Gasteiger partial charge >= 0.3 is 0 Å². The van der Waals surface area contributed by atoms with Crippen LogP contribution in [0.15, 0.2) is 0 Å². The average molecular weight is 132 g/mol. The molecule has 8 heavy (non-hydrogen) atoms. The van der Waals surface area contributed by atoms with Gasteiger partial charge in [0.2, 0.25) is 9.04 Å². The van der Waals surface area contributed by atoms with Crippen molar-refractivity contribution in [2.24, 2.45) is 5.73 Å². The van der Waals surface area contributed by atoms with Crippen molar-refractivity contribution in [1.82, 2.24) is 0 Å². The molecule has 0 aromatic heterocycles. The smallest absolute Gasteiger partial charge is 0.207 e. The van der Waals surface area contributed by atoms with Crippen molar-refractivity contribution < 1.29 is 4.43 Å². The summed E-state index contributed by atoms with van der Waals surface area (Å²) in [7, 11) is -0.571. The Morgan fingerprint density at radius 1 is 1.62 bits per heavy atom. The van der Waals surface area contributed by atoms with Gasteiger partial charge in [-0.2, -0.15) is 0 Å². The first-order valence-corrected chi connectivity index (χ1v) is 5.30. The Hall–Kier alpha value is 0.137. The van der Waals surface area contributed by atoms with Gasteiger partial charge in [-0.15, -0.1) is 0 Å². The van der Waals surface area contributed by atoms with Crippen LogP contribution in [0, 0.1) is 0 Å². The summed E-state index contributed by atoms with van der Waals surface area (Å²) in [5.74, 6) is 0. The minimum Gasteiger partial charge on any atom is -0.402 e. The normalized spacial score (nSPS) is 14.6. The van der Waals surface area contributed by atoms with Crippen molar-refractivity contribution in [1.29, 1.82) is 0 Å². The van der Waals surface area contributed by atoms with Crippen LogP contribution in [0.3, 0.4) is 0 Å². The van der Waals surface area contributed by atoms with Gasteiger partial charge in [0.15, 0.2) is 0 Å². The second-order valence-corrected chi connectivity index (χ2v) is 4.02. The van der Waals surface area contributed by atoms with E-state index in [0.717, 1.165) is 6.42 Å². The second kappa shape index (κ2) is 4.06. The fourth-order valence-electron chi connectivity index (χ4n) is 0.386. The molecule has 0 rings (SSSR count). The van der Waals surface area contributed by atoms with Gasteiger partial charge in [0.05, 0.1) is 6.23 Å². The standard InChI is InChI=1S/C5H14NOSi/c1-4-5(6)7-8(2)3/h5H,4,6H2,1-3H3. The van der Waals surface area contributed by atoms with Gasteiger partial charge in [0.25, 0.3) is 0 Å². The topological polar surface area (TPSA) is 35.2 Å². The fraction of sp³-hybridized carbons (Fsp3) is 1.00. The van der Waals surface area contributed by atoms with Crippen molar-refractivity contribution in [3.63, 3.8) is 0 Å². The summed E-state index contributed by atoms with van der Waals surface area (Å²) < 4.78 is 5.28. The Labute approximate surface area is 52.8 Å². The highest BCUT2D eigenvalue weighted by atomic mass is 28.3. The van der Waals surface area contributed by atoms with Crippen molar-refractivity contribution in [3.8, 4) is 0 Å². The predicted molar refractivity (Wildman–Crippen MR) is 36.8 cm³/mol. The lowest BCUT2D eigenvalue weighted by atomic mass is 10.5. The van der Waals surface area contributed by atoms with Crippen molar-refractivity contribution in [3.05, 3.63) is 0 Å². The molecule has 0 saturated heterocycles. The molecule has 0 heterocycles. The summed E-state index contributed by atoms with van der Waals surface area (Å²) in [6.07, 6.45) is 0.884. The van der Waals surface area contributed by atoms with E-state index in [-0.39, 0.29) is 6.23 Å². The third-order valence-electron chi connectivity index (χ3n) is 0.789. The molecule has 49 valence electrons. The molecule has 0 spiro atoms. The molecule has 1 atom stereocenters. The van der Waals surface area contributed by atoms with E-state index in [9.17, 15) is 0 Å². The monoisotopic (exact) mass is 132 g/mol. The highest BCUT2D eigenvalue weighted by Crippen LogP contribution is 1.91. The first kappa shape index (κ1) is 8.14. The number of rotatable bonds is 3. The molecule has 2 nitrogen and oxygen atoms in total. The maximum absolute atomic E-state index is 5.48. The maximum Gasteiger partial charge on any atom is 0.207 e. The lowest BCUT2D eigenvalue weighted by molar-refractivity contribution is 0.208. The van der Waals surface area contributed by atoms with Crippen LogP contribution in [0.2, 0.25) is 13.1 Å². The molecule has 0 aliphatic heterocycles. The van der Waals surface area contributed by atoms with E-state index in [1.807, 2.05) is 6.92 Å². The molecule has 2 N–H and O–H groups in total. The van der Waals surface area contributed by atoms with Crippen molar-refractivity contribution in [2.75, 3.05) is 0 Å². The Morgan fingerprint density at radius 2 is 2.12 bits per heavy atom. The number of hydrogen-bond acceptors (Lipinski definition) is 2. The number of nitrogens with two attached hydrogens (primary N) is 1. The highest BCUT2D eigenvalue weighted by Gasteiger charge is 2.01. The van der Waals surface area contributed by atoms with E-state index in [4.69, 9.17) is 10.2 Å². The minimum absolute atomic E-state index is 0.0288. The summed E-state index contributed by atoms with van der Waals surface area (Å²) in [6.45, 7) is 6.19. The van der Waals surface area contributed by atoms with Gasteiger partial charge in [0, 0.05) is 0 Å². The van der Waals surface area contributed by atoms with Crippen LogP contribution in [0.4, 0.5) is 0 Å². The zero-order valence-electron chi connectivity index (χ0n) is 5.77. The van der Waals surface area contributed by atoms with E-state index in [0.29, 0.717) is 0 Å². The van der Waals surface area contributed by atoms with Crippen LogP contribution in [-0.4, -0.2) is 15.3 Å². The lowest BCUT2D eigenvalue weighted by Crippen LogP contribution is -2.27. The second-order valence-electron chi connectivity index (χ2n) is 1.97. The zero-order chi connectivity index (χ0) is 6.57. The van der Waals surface area contributed by atoms with Gasteiger partial charge in [-0.05, 0) is 19.5 Å². The molecule has 0 aromatic rings. The zero-order valence-corrected chi connectivity index (χ0v) is 6.77. The van der Waals surface area contributed by atoms with Gasteiger partial charge < -0.3 is 10.2 Å². The number of hydrogen-bond donors (Lipinski definition) is 1. The largest absolute Gasteiger partial charge is 0.402 e. The van der Waals surface area contributed by atoms with E-state index in [1.54, 1.807) is 0 Å². The minimum atomic E-state index is -0.571. The third-order valence-corrected chi connectivity index (χ3v) is 1.56. The van der Waals surface area contributed by atoms with Crippen LogP contribution in [0.5, 0.6) is 0 Å². The lowest BCUT2D eigenvalue weighted by Gasteiger charge is -2.11. The van der Waals surface area contributed by atoms with Crippen LogP contribution in [-0.2, 0) is 4.43 Å². The quantitative estimate of drug-likeness (QED) is 0.458. The molecule has 0 amide bonds. The van der Waals surface area contributed by atoms with Gasteiger partial charge in [-0.1, -0.05) is 6.92 Å². The molecule has 0 aliphatic rings. The molecular weight excluding hydrogens is 118 g/mol. The molecule has 0 bridgehead atoms. The third kappa shape index (κ3) is 4.30. The summed E-state index contributed by atoms with van der Waals surface area (Å²) in [6, 6.07) is 0.